The smallest absolute Gasteiger partial charge is 0.339 e. The number of amides is 1. The van der Waals surface area contributed by atoms with Crippen molar-refractivity contribution in [3.63, 3.8) is 0 Å². The Balaban J connectivity index is 2.38. The average Bonchev–Trinajstić information content (AvgIpc) is 2.63. The topological polar surface area (TPSA) is 92.8 Å². The van der Waals surface area contributed by atoms with Crippen molar-refractivity contribution in [1.29, 1.82) is 0 Å². The fourth-order valence-corrected chi connectivity index (χ4v) is 3.23. The van der Waals surface area contributed by atoms with Crippen LogP contribution in [-0.4, -0.2) is 45.0 Å². The zero-order valence-corrected chi connectivity index (χ0v) is 16.5. The molecule has 0 aliphatic rings. The molecule has 0 aromatic heterocycles. The molecular formula is C18H19ClN2O5S. The largest absolute Gasteiger partial charge is 0.465 e. The lowest BCUT2D eigenvalue weighted by Crippen LogP contribution is -2.38. The number of carbonyl (C=O) groups is 2. The number of esters is 1. The van der Waals surface area contributed by atoms with Crippen LogP contribution in [0.5, 0.6) is 0 Å². The minimum atomic E-state index is -3.64. The minimum absolute atomic E-state index is 0.0877. The lowest BCUT2D eigenvalue weighted by Gasteiger charge is -2.25. The Morgan fingerprint density at radius 2 is 1.78 bits per heavy atom. The minimum Gasteiger partial charge on any atom is -0.465 e. The number of nitrogens with one attached hydrogen (secondary N) is 1. The molecule has 0 spiro atoms. The molecule has 0 heterocycles. The van der Waals surface area contributed by atoms with E-state index in [1.165, 1.54) is 32.4 Å². The standard InChI is InChI=1S/C18H19ClN2O5S/c1-21(27(3,24)25)16(12-7-5-4-6-8-12)17(22)20-13-9-10-15(19)14(11-13)18(23)26-2/h4-11,16H,1-3H3,(H,20,22)/t16-/m1/s1. The van der Waals surface area contributed by atoms with Crippen molar-refractivity contribution in [1.82, 2.24) is 4.31 Å². The van der Waals surface area contributed by atoms with Crippen molar-refractivity contribution in [2.24, 2.45) is 0 Å². The van der Waals surface area contributed by atoms with E-state index >= 15 is 0 Å². The molecule has 2 aromatic rings. The third kappa shape index (κ3) is 5.06. The lowest BCUT2D eigenvalue weighted by atomic mass is 10.1. The van der Waals surface area contributed by atoms with Gasteiger partial charge in [-0.3, -0.25) is 4.79 Å². The molecule has 1 atom stereocenters. The summed E-state index contributed by atoms with van der Waals surface area (Å²) >= 11 is 5.97. The Hall–Kier alpha value is -2.42. The number of hydrogen-bond acceptors (Lipinski definition) is 5. The molecule has 1 N–H and O–H groups in total. The molecule has 0 radical (unpaired) electrons. The first-order chi connectivity index (χ1) is 12.6. The molecule has 7 nitrogen and oxygen atoms in total. The number of ether oxygens (including phenoxy) is 1. The summed E-state index contributed by atoms with van der Waals surface area (Å²) in [6.45, 7) is 0. The highest BCUT2D eigenvalue weighted by Crippen LogP contribution is 2.26. The number of anilines is 1. The van der Waals surface area contributed by atoms with Gasteiger partial charge in [-0.1, -0.05) is 41.9 Å². The van der Waals surface area contributed by atoms with E-state index in [0.717, 1.165) is 10.6 Å². The zero-order chi connectivity index (χ0) is 20.2. The summed E-state index contributed by atoms with van der Waals surface area (Å²) in [7, 11) is -1.10. The van der Waals surface area contributed by atoms with Crippen LogP contribution >= 0.6 is 11.6 Å². The third-order valence-electron chi connectivity index (χ3n) is 3.89. The number of sulfonamides is 1. The Morgan fingerprint density at radius 1 is 1.15 bits per heavy atom. The van der Waals surface area contributed by atoms with Gasteiger partial charge >= 0.3 is 5.97 Å². The summed E-state index contributed by atoms with van der Waals surface area (Å²) in [5.41, 5.74) is 0.877. The fourth-order valence-electron chi connectivity index (χ4n) is 2.43. The summed E-state index contributed by atoms with van der Waals surface area (Å²) in [6, 6.07) is 11.7. The van der Waals surface area contributed by atoms with Crippen molar-refractivity contribution < 1.29 is 22.7 Å². The quantitative estimate of drug-likeness (QED) is 0.739. The molecule has 0 saturated carbocycles. The molecule has 0 aliphatic heterocycles. The summed E-state index contributed by atoms with van der Waals surface area (Å²) in [5, 5.41) is 2.80. The Labute approximate surface area is 162 Å². The first-order valence-corrected chi connectivity index (χ1v) is 10.0. The van der Waals surface area contributed by atoms with E-state index < -0.39 is 27.9 Å². The molecule has 0 fully saturated rings. The van der Waals surface area contributed by atoms with E-state index in [-0.39, 0.29) is 16.3 Å². The molecule has 2 aromatic carbocycles. The van der Waals surface area contributed by atoms with Gasteiger partial charge in [0.15, 0.2) is 0 Å². The van der Waals surface area contributed by atoms with Gasteiger partial charge < -0.3 is 10.1 Å². The van der Waals surface area contributed by atoms with E-state index in [2.05, 4.69) is 10.1 Å². The molecule has 2 rings (SSSR count). The SMILES string of the molecule is COC(=O)c1cc(NC(=O)[C@@H](c2ccccc2)N(C)S(C)(=O)=O)ccc1Cl. The number of methoxy groups -OCH3 is 1. The number of hydrogen-bond donors (Lipinski definition) is 1. The normalized spacial score (nSPS) is 12.5. The summed E-state index contributed by atoms with van der Waals surface area (Å²) < 4.78 is 29.6. The molecule has 0 unspecified atom stereocenters. The maximum Gasteiger partial charge on any atom is 0.339 e. The lowest BCUT2D eigenvalue weighted by molar-refractivity contribution is -0.119. The van der Waals surface area contributed by atoms with Crippen LogP contribution in [0.25, 0.3) is 0 Å². The van der Waals surface area contributed by atoms with Crippen molar-refractivity contribution in [3.8, 4) is 0 Å². The zero-order valence-electron chi connectivity index (χ0n) is 15.0. The first-order valence-electron chi connectivity index (χ1n) is 7.82. The Morgan fingerprint density at radius 3 is 2.33 bits per heavy atom. The summed E-state index contributed by atoms with van der Waals surface area (Å²) in [6.07, 6.45) is 1.02. The maximum atomic E-state index is 12.9. The van der Waals surface area contributed by atoms with Gasteiger partial charge in [0.25, 0.3) is 0 Å². The van der Waals surface area contributed by atoms with Gasteiger partial charge in [-0.2, -0.15) is 4.31 Å². The predicted molar refractivity (Wildman–Crippen MR) is 103 cm³/mol. The Kier molecular flexibility index (Phi) is 6.59. The predicted octanol–water partition coefficient (Wildman–Crippen LogP) is 2.70. The number of halogens is 1. The van der Waals surface area contributed by atoms with E-state index in [9.17, 15) is 18.0 Å². The van der Waals surface area contributed by atoms with Crippen LogP contribution in [-0.2, 0) is 19.6 Å². The van der Waals surface area contributed by atoms with Gasteiger partial charge in [0.05, 0.1) is 24.0 Å². The van der Waals surface area contributed by atoms with E-state index in [4.69, 9.17) is 11.6 Å². The molecule has 9 heteroatoms. The van der Waals surface area contributed by atoms with E-state index in [0.29, 0.717) is 5.56 Å². The molecule has 1 amide bonds. The van der Waals surface area contributed by atoms with Crippen LogP contribution in [0.3, 0.4) is 0 Å². The maximum absolute atomic E-state index is 12.9. The van der Waals surface area contributed by atoms with Crippen LogP contribution in [0, 0.1) is 0 Å². The molecule has 0 aliphatic carbocycles. The molecule has 0 saturated heterocycles. The van der Waals surface area contributed by atoms with E-state index in [1.54, 1.807) is 30.3 Å². The number of carbonyl (C=O) groups excluding carboxylic acids is 2. The van der Waals surface area contributed by atoms with Gasteiger partial charge in [0, 0.05) is 12.7 Å². The number of likely N-dealkylation sites (N-methyl/N-ethyl adjacent to an activating group) is 1. The third-order valence-corrected chi connectivity index (χ3v) is 5.48. The molecule has 27 heavy (non-hydrogen) atoms. The van der Waals surface area contributed by atoms with Crippen molar-refractivity contribution in [2.75, 3.05) is 25.7 Å². The van der Waals surface area contributed by atoms with Crippen molar-refractivity contribution in [2.45, 2.75) is 6.04 Å². The van der Waals surface area contributed by atoms with Gasteiger partial charge in [0.2, 0.25) is 15.9 Å². The highest BCUT2D eigenvalue weighted by molar-refractivity contribution is 7.88. The number of benzene rings is 2. The summed E-state index contributed by atoms with van der Waals surface area (Å²) in [5.74, 6) is -1.23. The first kappa shape index (κ1) is 20.9. The van der Waals surface area contributed by atoms with Crippen molar-refractivity contribution in [3.05, 3.63) is 64.7 Å². The van der Waals surface area contributed by atoms with E-state index in [1.807, 2.05) is 0 Å². The summed E-state index contributed by atoms with van der Waals surface area (Å²) in [4.78, 5) is 24.6. The number of rotatable bonds is 6. The van der Waals surface area contributed by atoms with Gasteiger partial charge in [0.1, 0.15) is 6.04 Å². The highest BCUT2D eigenvalue weighted by atomic mass is 35.5. The monoisotopic (exact) mass is 410 g/mol. The van der Waals surface area contributed by atoms with Crippen LogP contribution in [0.4, 0.5) is 5.69 Å². The van der Waals surface area contributed by atoms with Crippen LogP contribution < -0.4 is 5.32 Å². The molecule has 144 valence electrons. The second-order valence-electron chi connectivity index (χ2n) is 5.77. The van der Waals surface area contributed by atoms with Crippen molar-refractivity contribution >= 4 is 39.2 Å². The average molecular weight is 411 g/mol. The number of nitrogens with zero attached hydrogens (tertiary/aromatic N) is 1. The second-order valence-corrected chi connectivity index (χ2v) is 8.22. The van der Waals surface area contributed by atoms with Gasteiger partial charge in [-0.15, -0.1) is 0 Å². The van der Waals surface area contributed by atoms with Crippen LogP contribution in [0.2, 0.25) is 5.02 Å². The van der Waals surface area contributed by atoms with Gasteiger partial charge in [-0.05, 0) is 23.8 Å². The van der Waals surface area contributed by atoms with Crippen LogP contribution in [0.15, 0.2) is 48.5 Å². The second kappa shape index (κ2) is 8.51. The Bertz CT molecular complexity index is 947. The fraction of sp³-hybridized carbons (Fsp3) is 0.222. The highest BCUT2D eigenvalue weighted by Gasteiger charge is 2.31. The molecule has 0 bridgehead atoms. The van der Waals surface area contributed by atoms with Gasteiger partial charge in [-0.25, -0.2) is 13.2 Å². The molecular weight excluding hydrogens is 392 g/mol. The van der Waals surface area contributed by atoms with Crippen LogP contribution in [0.1, 0.15) is 22.0 Å².